The number of amides is 1. The van der Waals surface area contributed by atoms with Gasteiger partial charge < -0.3 is 10.6 Å². The SMILES string of the molecule is CC(C(=O)NC1CCN2CCCC12)N1CCNCC1. The molecule has 0 aliphatic carbocycles. The lowest BCUT2D eigenvalue weighted by molar-refractivity contribution is -0.127. The van der Waals surface area contributed by atoms with Crippen molar-refractivity contribution < 1.29 is 4.79 Å². The monoisotopic (exact) mass is 266 g/mol. The molecule has 3 unspecified atom stereocenters. The Bertz CT molecular complexity index is 329. The van der Waals surface area contributed by atoms with Gasteiger partial charge in [-0.25, -0.2) is 0 Å². The smallest absolute Gasteiger partial charge is 0.237 e. The summed E-state index contributed by atoms with van der Waals surface area (Å²) >= 11 is 0. The van der Waals surface area contributed by atoms with Crippen LogP contribution in [0.25, 0.3) is 0 Å². The zero-order chi connectivity index (χ0) is 13.2. The van der Waals surface area contributed by atoms with Crippen molar-refractivity contribution in [3.05, 3.63) is 0 Å². The van der Waals surface area contributed by atoms with E-state index in [4.69, 9.17) is 0 Å². The second kappa shape index (κ2) is 5.77. The highest BCUT2D eigenvalue weighted by Gasteiger charge is 2.38. The second-order valence-electron chi connectivity index (χ2n) is 6.11. The molecular weight excluding hydrogens is 240 g/mol. The van der Waals surface area contributed by atoms with Gasteiger partial charge in [-0.05, 0) is 32.7 Å². The molecule has 108 valence electrons. The van der Waals surface area contributed by atoms with Crippen LogP contribution in [0.3, 0.4) is 0 Å². The van der Waals surface area contributed by atoms with Crippen LogP contribution in [0.15, 0.2) is 0 Å². The molecule has 0 aromatic carbocycles. The number of hydrogen-bond acceptors (Lipinski definition) is 4. The molecule has 19 heavy (non-hydrogen) atoms. The van der Waals surface area contributed by atoms with Crippen LogP contribution in [0.4, 0.5) is 0 Å². The average Bonchev–Trinajstić information content (AvgIpc) is 3.04. The number of nitrogens with one attached hydrogen (secondary N) is 2. The van der Waals surface area contributed by atoms with E-state index in [0.29, 0.717) is 12.1 Å². The summed E-state index contributed by atoms with van der Waals surface area (Å²) in [5.41, 5.74) is 0. The lowest BCUT2D eigenvalue weighted by atomic mass is 10.1. The zero-order valence-electron chi connectivity index (χ0n) is 11.9. The van der Waals surface area contributed by atoms with Crippen LogP contribution in [0.1, 0.15) is 26.2 Å². The van der Waals surface area contributed by atoms with E-state index in [0.717, 1.165) is 39.1 Å². The van der Waals surface area contributed by atoms with E-state index in [2.05, 4.69) is 20.4 Å². The van der Waals surface area contributed by atoms with E-state index in [1.165, 1.54) is 19.4 Å². The maximum atomic E-state index is 12.4. The van der Waals surface area contributed by atoms with Gasteiger partial charge >= 0.3 is 0 Å². The normalized spacial score (nSPS) is 34.2. The Kier molecular flexibility index (Phi) is 4.05. The van der Waals surface area contributed by atoms with Gasteiger partial charge in [-0.3, -0.25) is 14.6 Å². The summed E-state index contributed by atoms with van der Waals surface area (Å²) in [5, 5.41) is 6.64. The molecule has 5 heteroatoms. The van der Waals surface area contributed by atoms with Crippen molar-refractivity contribution in [2.75, 3.05) is 39.3 Å². The van der Waals surface area contributed by atoms with E-state index >= 15 is 0 Å². The van der Waals surface area contributed by atoms with E-state index in [-0.39, 0.29) is 11.9 Å². The number of rotatable bonds is 3. The maximum absolute atomic E-state index is 12.4. The summed E-state index contributed by atoms with van der Waals surface area (Å²) in [4.78, 5) is 17.2. The van der Waals surface area contributed by atoms with Gasteiger partial charge in [-0.1, -0.05) is 0 Å². The minimum atomic E-state index is 0.0116. The summed E-state index contributed by atoms with van der Waals surface area (Å²) in [5.74, 6) is 0.223. The highest BCUT2D eigenvalue weighted by atomic mass is 16.2. The molecule has 3 saturated heterocycles. The number of nitrogens with zero attached hydrogens (tertiary/aromatic N) is 2. The Hall–Kier alpha value is -0.650. The van der Waals surface area contributed by atoms with Gasteiger partial charge in [0.1, 0.15) is 0 Å². The van der Waals surface area contributed by atoms with Crippen LogP contribution >= 0.6 is 0 Å². The summed E-state index contributed by atoms with van der Waals surface area (Å²) in [6.07, 6.45) is 3.68. The average molecular weight is 266 g/mol. The highest BCUT2D eigenvalue weighted by molar-refractivity contribution is 5.81. The van der Waals surface area contributed by atoms with Crippen LogP contribution in [0.2, 0.25) is 0 Å². The predicted molar refractivity (Wildman–Crippen MR) is 75.0 cm³/mol. The Morgan fingerprint density at radius 2 is 2.00 bits per heavy atom. The lowest BCUT2D eigenvalue weighted by Crippen LogP contribution is -2.55. The Morgan fingerprint density at radius 3 is 2.79 bits per heavy atom. The molecule has 0 radical (unpaired) electrons. The van der Waals surface area contributed by atoms with Crippen molar-refractivity contribution in [3.63, 3.8) is 0 Å². The topological polar surface area (TPSA) is 47.6 Å². The molecule has 0 saturated carbocycles. The molecular formula is C14H26N4O. The third-order valence-electron chi connectivity index (χ3n) is 5.01. The van der Waals surface area contributed by atoms with Crippen molar-refractivity contribution in [1.82, 2.24) is 20.4 Å². The predicted octanol–water partition coefficient (Wildman–Crippen LogP) is -0.367. The first-order valence-corrected chi connectivity index (χ1v) is 7.75. The molecule has 3 atom stereocenters. The van der Waals surface area contributed by atoms with Crippen molar-refractivity contribution in [2.45, 2.75) is 44.3 Å². The molecule has 3 aliphatic rings. The Morgan fingerprint density at radius 1 is 1.21 bits per heavy atom. The van der Waals surface area contributed by atoms with Crippen LogP contribution in [-0.4, -0.2) is 73.1 Å². The third kappa shape index (κ3) is 2.78. The molecule has 0 bridgehead atoms. The van der Waals surface area contributed by atoms with Crippen molar-refractivity contribution in [2.24, 2.45) is 0 Å². The molecule has 3 rings (SSSR count). The number of fused-ring (bicyclic) bond motifs is 1. The fourth-order valence-electron chi connectivity index (χ4n) is 3.79. The van der Waals surface area contributed by atoms with Crippen LogP contribution in [0.5, 0.6) is 0 Å². The molecule has 3 heterocycles. The van der Waals surface area contributed by atoms with E-state index < -0.39 is 0 Å². The van der Waals surface area contributed by atoms with Gasteiger partial charge in [-0.2, -0.15) is 0 Å². The Balaban J connectivity index is 1.52. The van der Waals surface area contributed by atoms with E-state index in [9.17, 15) is 4.79 Å². The third-order valence-corrected chi connectivity index (χ3v) is 5.01. The minimum Gasteiger partial charge on any atom is -0.350 e. The van der Waals surface area contributed by atoms with E-state index in [1.54, 1.807) is 0 Å². The van der Waals surface area contributed by atoms with Gasteiger partial charge in [0.25, 0.3) is 0 Å². The summed E-state index contributed by atoms with van der Waals surface area (Å²) < 4.78 is 0. The molecule has 2 N–H and O–H groups in total. The van der Waals surface area contributed by atoms with Gasteiger partial charge in [0.05, 0.1) is 6.04 Å². The van der Waals surface area contributed by atoms with Crippen LogP contribution < -0.4 is 10.6 Å². The fourth-order valence-corrected chi connectivity index (χ4v) is 3.79. The number of hydrogen-bond donors (Lipinski definition) is 2. The first-order valence-electron chi connectivity index (χ1n) is 7.75. The van der Waals surface area contributed by atoms with Crippen LogP contribution in [-0.2, 0) is 4.79 Å². The molecule has 0 aromatic heterocycles. The molecule has 0 aromatic rings. The van der Waals surface area contributed by atoms with Gasteiger partial charge in [0, 0.05) is 44.8 Å². The molecule has 5 nitrogen and oxygen atoms in total. The first-order chi connectivity index (χ1) is 9.25. The number of carbonyl (C=O) groups is 1. The van der Waals surface area contributed by atoms with Crippen molar-refractivity contribution in [3.8, 4) is 0 Å². The summed E-state index contributed by atoms with van der Waals surface area (Å²) in [7, 11) is 0. The van der Waals surface area contributed by atoms with Crippen molar-refractivity contribution in [1.29, 1.82) is 0 Å². The minimum absolute atomic E-state index is 0.0116. The number of carbonyl (C=O) groups excluding carboxylic acids is 1. The van der Waals surface area contributed by atoms with Gasteiger partial charge in [-0.15, -0.1) is 0 Å². The fraction of sp³-hybridized carbons (Fsp3) is 0.929. The molecule has 0 spiro atoms. The maximum Gasteiger partial charge on any atom is 0.237 e. The zero-order valence-corrected chi connectivity index (χ0v) is 11.9. The van der Waals surface area contributed by atoms with Gasteiger partial charge in [0.15, 0.2) is 0 Å². The molecule has 3 fully saturated rings. The van der Waals surface area contributed by atoms with Crippen LogP contribution in [0, 0.1) is 0 Å². The molecule has 1 amide bonds. The quantitative estimate of drug-likeness (QED) is 0.732. The Labute approximate surface area is 115 Å². The van der Waals surface area contributed by atoms with E-state index in [1.807, 2.05) is 6.92 Å². The van der Waals surface area contributed by atoms with Gasteiger partial charge in [0.2, 0.25) is 5.91 Å². The second-order valence-corrected chi connectivity index (χ2v) is 6.11. The largest absolute Gasteiger partial charge is 0.350 e. The summed E-state index contributed by atoms with van der Waals surface area (Å²) in [6, 6.07) is 1.01. The van der Waals surface area contributed by atoms with Crippen molar-refractivity contribution >= 4 is 5.91 Å². The lowest BCUT2D eigenvalue weighted by Gasteiger charge is -2.33. The summed E-state index contributed by atoms with van der Waals surface area (Å²) in [6.45, 7) is 8.39. The molecule has 3 aliphatic heterocycles. The highest BCUT2D eigenvalue weighted by Crippen LogP contribution is 2.27. The first kappa shape index (κ1) is 13.3. The number of piperazine rings is 1. The standard InChI is InChI=1S/C14H26N4O/c1-11(17-9-5-15-6-10-17)14(19)16-12-4-8-18-7-2-3-13(12)18/h11-13,15H,2-10H2,1H3,(H,16,19).